The van der Waals surface area contributed by atoms with Crippen molar-refractivity contribution in [3.05, 3.63) is 34.1 Å². The summed E-state index contributed by atoms with van der Waals surface area (Å²) in [6.07, 6.45) is 0. The number of likely N-dealkylation sites (tertiary alicyclic amines) is 1. The molecule has 1 N–H and O–H groups in total. The van der Waals surface area contributed by atoms with Gasteiger partial charge in [0, 0.05) is 19.6 Å². The van der Waals surface area contributed by atoms with Crippen LogP contribution in [0.1, 0.15) is 12.5 Å². The number of hydrogen-bond donors (Lipinski definition) is 1. The van der Waals surface area contributed by atoms with E-state index < -0.39 is 5.97 Å². The number of benzene rings is 1. The predicted octanol–water partition coefficient (Wildman–Crippen LogP) is 2.74. The topological polar surface area (TPSA) is 40.5 Å². The lowest BCUT2D eigenvalue weighted by Crippen LogP contribution is -2.23. The van der Waals surface area contributed by atoms with Gasteiger partial charge < -0.3 is 5.11 Å². The molecule has 1 aromatic carbocycles. The van der Waals surface area contributed by atoms with Gasteiger partial charge in [-0.25, -0.2) is 4.39 Å². The van der Waals surface area contributed by atoms with E-state index in [1.165, 1.54) is 6.07 Å². The largest absolute Gasteiger partial charge is 0.481 e. The van der Waals surface area contributed by atoms with Crippen LogP contribution in [0, 0.1) is 17.7 Å². The summed E-state index contributed by atoms with van der Waals surface area (Å²) in [6.45, 7) is 3.78. The predicted molar refractivity (Wildman–Crippen MR) is 69.7 cm³/mol. The van der Waals surface area contributed by atoms with Gasteiger partial charge in [-0.15, -0.1) is 0 Å². The highest BCUT2D eigenvalue weighted by atomic mass is 79.9. The normalized spacial score (nSPS) is 24.4. The highest BCUT2D eigenvalue weighted by Gasteiger charge is 2.34. The van der Waals surface area contributed by atoms with E-state index in [2.05, 4.69) is 20.8 Å². The molecule has 1 aliphatic rings. The van der Waals surface area contributed by atoms with Crippen molar-refractivity contribution in [3.63, 3.8) is 0 Å². The van der Waals surface area contributed by atoms with E-state index in [4.69, 9.17) is 5.11 Å². The summed E-state index contributed by atoms with van der Waals surface area (Å²) < 4.78 is 13.8. The van der Waals surface area contributed by atoms with Crippen LogP contribution in [0.25, 0.3) is 0 Å². The lowest BCUT2D eigenvalue weighted by molar-refractivity contribution is -0.142. The maximum atomic E-state index is 13.4. The number of carboxylic acid groups (broad SMARTS) is 1. The Morgan fingerprint density at radius 1 is 1.56 bits per heavy atom. The summed E-state index contributed by atoms with van der Waals surface area (Å²) in [6, 6.07) is 4.93. The van der Waals surface area contributed by atoms with E-state index in [0.29, 0.717) is 17.6 Å². The monoisotopic (exact) mass is 315 g/mol. The number of aliphatic carboxylic acids is 1. The van der Waals surface area contributed by atoms with Gasteiger partial charge in [-0.1, -0.05) is 19.1 Å². The molecular formula is C13H15BrFNO2. The third kappa shape index (κ3) is 2.72. The van der Waals surface area contributed by atoms with E-state index >= 15 is 0 Å². The van der Waals surface area contributed by atoms with Crippen LogP contribution in [-0.4, -0.2) is 29.1 Å². The van der Waals surface area contributed by atoms with E-state index in [-0.39, 0.29) is 17.7 Å². The van der Waals surface area contributed by atoms with Crippen molar-refractivity contribution in [2.75, 3.05) is 13.1 Å². The van der Waals surface area contributed by atoms with Crippen molar-refractivity contribution in [2.24, 2.45) is 11.8 Å². The SMILES string of the molecule is C[C@@H]1CN(Cc2cccc(F)c2Br)C[C@H]1C(=O)O. The van der Waals surface area contributed by atoms with E-state index in [9.17, 15) is 9.18 Å². The quantitative estimate of drug-likeness (QED) is 0.932. The van der Waals surface area contributed by atoms with Crippen molar-refractivity contribution in [2.45, 2.75) is 13.5 Å². The van der Waals surface area contributed by atoms with Gasteiger partial charge in [-0.3, -0.25) is 9.69 Å². The second-order valence-corrected chi connectivity index (χ2v) is 5.62. The van der Waals surface area contributed by atoms with E-state index in [1.54, 1.807) is 6.07 Å². The third-order valence-electron chi connectivity index (χ3n) is 3.43. The van der Waals surface area contributed by atoms with E-state index in [0.717, 1.165) is 12.1 Å². The van der Waals surface area contributed by atoms with Crippen molar-refractivity contribution >= 4 is 21.9 Å². The number of halogens is 2. The molecule has 0 amide bonds. The molecule has 0 aliphatic carbocycles. The van der Waals surface area contributed by atoms with Crippen LogP contribution >= 0.6 is 15.9 Å². The molecule has 2 atom stereocenters. The number of hydrogen-bond acceptors (Lipinski definition) is 2. The van der Waals surface area contributed by atoms with Crippen LogP contribution in [0.5, 0.6) is 0 Å². The summed E-state index contributed by atoms with van der Waals surface area (Å²) in [7, 11) is 0. The summed E-state index contributed by atoms with van der Waals surface area (Å²) in [5.74, 6) is -1.22. The molecular weight excluding hydrogens is 301 g/mol. The first-order chi connectivity index (χ1) is 8.49. The molecule has 3 nitrogen and oxygen atoms in total. The van der Waals surface area contributed by atoms with Gasteiger partial charge in [-0.05, 0) is 33.5 Å². The highest BCUT2D eigenvalue weighted by Crippen LogP contribution is 2.27. The highest BCUT2D eigenvalue weighted by molar-refractivity contribution is 9.10. The summed E-state index contributed by atoms with van der Waals surface area (Å²) in [4.78, 5) is 13.1. The van der Waals surface area contributed by atoms with Gasteiger partial charge in [-0.2, -0.15) is 0 Å². The van der Waals surface area contributed by atoms with Gasteiger partial charge >= 0.3 is 5.97 Å². The fraction of sp³-hybridized carbons (Fsp3) is 0.462. The molecule has 18 heavy (non-hydrogen) atoms. The van der Waals surface area contributed by atoms with Crippen LogP contribution in [-0.2, 0) is 11.3 Å². The minimum absolute atomic E-state index is 0.134. The smallest absolute Gasteiger partial charge is 0.308 e. The minimum atomic E-state index is -0.747. The first-order valence-corrected chi connectivity index (χ1v) is 6.66. The van der Waals surface area contributed by atoms with Crippen LogP contribution in [0.15, 0.2) is 22.7 Å². The zero-order chi connectivity index (χ0) is 13.3. The molecule has 1 heterocycles. The molecule has 0 unspecified atom stereocenters. The Balaban J connectivity index is 2.07. The Bertz CT molecular complexity index is 466. The number of nitrogens with zero attached hydrogens (tertiary/aromatic N) is 1. The Hall–Kier alpha value is -0.940. The van der Waals surface area contributed by atoms with E-state index in [1.807, 2.05) is 13.0 Å². The number of rotatable bonds is 3. The molecule has 0 bridgehead atoms. The standard InChI is InChI=1S/C13H15BrFNO2/c1-8-5-16(7-10(8)13(17)18)6-9-3-2-4-11(15)12(9)14/h2-4,8,10H,5-7H2,1H3,(H,17,18)/t8-,10-/m1/s1. The fourth-order valence-electron chi connectivity index (χ4n) is 2.43. The molecule has 0 saturated carbocycles. The molecule has 0 spiro atoms. The minimum Gasteiger partial charge on any atom is -0.481 e. The Morgan fingerprint density at radius 3 is 2.89 bits per heavy atom. The molecule has 1 saturated heterocycles. The zero-order valence-corrected chi connectivity index (χ0v) is 11.7. The van der Waals surface area contributed by atoms with Crippen LogP contribution < -0.4 is 0 Å². The summed E-state index contributed by atoms with van der Waals surface area (Å²) in [5.41, 5.74) is 0.855. The maximum Gasteiger partial charge on any atom is 0.308 e. The molecule has 1 aromatic rings. The molecule has 0 aromatic heterocycles. The van der Waals surface area contributed by atoms with Gasteiger partial charge in [0.05, 0.1) is 10.4 Å². The summed E-state index contributed by atoms with van der Waals surface area (Å²) in [5, 5.41) is 9.07. The second kappa shape index (κ2) is 5.36. The van der Waals surface area contributed by atoms with Crippen molar-refractivity contribution < 1.29 is 14.3 Å². The van der Waals surface area contributed by atoms with Gasteiger partial charge in [0.15, 0.2) is 0 Å². The van der Waals surface area contributed by atoms with Crippen LogP contribution in [0.4, 0.5) is 4.39 Å². The molecule has 98 valence electrons. The summed E-state index contributed by atoms with van der Waals surface area (Å²) >= 11 is 3.23. The molecule has 1 aliphatic heterocycles. The van der Waals surface area contributed by atoms with Gasteiger partial charge in [0.1, 0.15) is 5.82 Å². The molecule has 5 heteroatoms. The zero-order valence-electron chi connectivity index (χ0n) is 10.1. The average molecular weight is 316 g/mol. The van der Waals surface area contributed by atoms with Crippen molar-refractivity contribution in [3.8, 4) is 0 Å². The Kier molecular flexibility index (Phi) is 4.02. The first kappa shape index (κ1) is 13.5. The van der Waals surface area contributed by atoms with Crippen LogP contribution in [0.3, 0.4) is 0 Å². The van der Waals surface area contributed by atoms with Crippen LogP contribution in [0.2, 0.25) is 0 Å². The van der Waals surface area contributed by atoms with Gasteiger partial charge in [0.2, 0.25) is 0 Å². The molecule has 2 rings (SSSR count). The molecule has 1 fully saturated rings. The number of carbonyl (C=O) groups is 1. The van der Waals surface area contributed by atoms with Gasteiger partial charge in [0.25, 0.3) is 0 Å². The average Bonchev–Trinajstić information content (AvgIpc) is 2.66. The lowest BCUT2D eigenvalue weighted by Gasteiger charge is -2.16. The fourth-order valence-corrected chi connectivity index (χ4v) is 2.82. The second-order valence-electron chi connectivity index (χ2n) is 4.83. The first-order valence-electron chi connectivity index (χ1n) is 5.87. The number of carboxylic acids is 1. The lowest BCUT2D eigenvalue weighted by atomic mass is 9.99. The third-order valence-corrected chi connectivity index (χ3v) is 4.32. The Morgan fingerprint density at radius 2 is 2.28 bits per heavy atom. The Labute approximate surface area is 114 Å². The maximum absolute atomic E-state index is 13.4. The van der Waals surface area contributed by atoms with Crippen molar-refractivity contribution in [1.82, 2.24) is 4.90 Å². The van der Waals surface area contributed by atoms with Crippen molar-refractivity contribution in [1.29, 1.82) is 0 Å². The molecule has 0 radical (unpaired) electrons.